The van der Waals surface area contributed by atoms with Gasteiger partial charge in [0.1, 0.15) is 5.75 Å². The Balaban J connectivity index is 2.25. The first-order valence-electron chi connectivity index (χ1n) is 7.53. The summed E-state index contributed by atoms with van der Waals surface area (Å²) in [5.41, 5.74) is 0.417. The number of ether oxygens (including phenoxy) is 2. The molecule has 2 aromatic rings. The molecule has 0 spiro atoms. The summed E-state index contributed by atoms with van der Waals surface area (Å²) >= 11 is 0. The molecule has 0 saturated carbocycles. The number of carbonyl (C=O) groups excluding carboxylic acids is 1. The topological polar surface area (TPSA) is 76.0 Å². The van der Waals surface area contributed by atoms with Crippen LogP contribution in [0.5, 0.6) is 23.0 Å². The van der Waals surface area contributed by atoms with Crippen molar-refractivity contribution in [3.8, 4) is 23.0 Å². The number of phenolic OH excluding ortho intramolecular Hbond substituents is 2. The van der Waals surface area contributed by atoms with E-state index in [4.69, 9.17) is 9.47 Å². The molecule has 122 valence electrons. The summed E-state index contributed by atoms with van der Waals surface area (Å²) in [6, 6.07) is 9.55. The van der Waals surface area contributed by atoms with Gasteiger partial charge in [0, 0.05) is 5.56 Å². The van der Waals surface area contributed by atoms with E-state index in [-0.39, 0.29) is 17.1 Å². The first kappa shape index (κ1) is 16.7. The van der Waals surface area contributed by atoms with Crippen molar-refractivity contribution in [1.82, 2.24) is 0 Å². The van der Waals surface area contributed by atoms with Crippen LogP contribution in [0.1, 0.15) is 36.2 Å². The van der Waals surface area contributed by atoms with Gasteiger partial charge in [-0.25, -0.2) is 0 Å². The minimum atomic E-state index is -0.479. The molecule has 5 heteroatoms. The van der Waals surface area contributed by atoms with Crippen LogP contribution in [0.2, 0.25) is 0 Å². The molecule has 0 saturated heterocycles. The summed E-state index contributed by atoms with van der Waals surface area (Å²) in [7, 11) is 0. The summed E-state index contributed by atoms with van der Waals surface area (Å²) in [5.74, 6) is -0.470. The number of aromatic hydroxyl groups is 2. The van der Waals surface area contributed by atoms with E-state index in [1.165, 1.54) is 12.1 Å². The lowest BCUT2D eigenvalue weighted by atomic mass is 10.0. The lowest BCUT2D eigenvalue weighted by molar-refractivity contribution is 0.103. The van der Waals surface area contributed by atoms with E-state index in [0.29, 0.717) is 24.5 Å². The Bertz CT molecular complexity index is 677. The number of benzene rings is 2. The maximum Gasteiger partial charge on any atom is 0.201 e. The van der Waals surface area contributed by atoms with Gasteiger partial charge in [0.2, 0.25) is 5.75 Å². The molecular weight excluding hydrogens is 296 g/mol. The van der Waals surface area contributed by atoms with Crippen molar-refractivity contribution < 1.29 is 24.5 Å². The Morgan fingerprint density at radius 3 is 2.26 bits per heavy atom. The van der Waals surface area contributed by atoms with Crippen molar-refractivity contribution in [3.63, 3.8) is 0 Å². The van der Waals surface area contributed by atoms with Gasteiger partial charge in [-0.3, -0.25) is 4.79 Å². The van der Waals surface area contributed by atoms with Crippen molar-refractivity contribution in [2.45, 2.75) is 20.3 Å². The second-order valence-corrected chi connectivity index (χ2v) is 4.94. The fraction of sp³-hybridized carbons (Fsp3) is 0.278. The van der Waals surface area contributed by atoms with Crippen molar-refractivity contribution in [1.29, 1.82) is 0 Å². The van der Waals surface area contributed by atoms with Crippen LogP contribution in [0.15, 0.2) is 36.4 Å². The van der Waals surface area contributed by atoms with Crippen LogP contribution >= 0.6 is 0 Å². The smallest absolute Gasteiger partial charge is 0.201 e. The number of hydrogen-bond acceptors (Lipinski definition) is 5. The lowest BCUT2D eigenvalue weighted by Crippen LogP contribution is -2.03. The summed E-state index contributed by atoms with van der Waals surface area (Å²) in [6.45, 7) is 4.73. The quantitative estimate of drug-likeness (QED) is 0.604. The number of ketones is 1. The van der Waals surface area contributed by atoms with Crippen LogP contribution in [0, 0.1) is 0 Å². The SMILES string of the molecule is CCCOc1ccc(C(=O)c2ccc(OCC)c(O)c2O)cc1. The van der Waals surface area contributed by atoms with Gasteiger partial charge in [0.05, 0.1) is 18.8 Å². The fourth-order valence-electron chi connectivity index (χ4n) is 2.09. The second-order valence-electron chi connectivity index (χ2n) is 4.94. The normalized spacial score (nSPS) is 10.3. The number of hydrogen-bond donors (Lipinski definition) is 2. The summed E-state index contributed by atoms with van der Waals surface area (Å²) in [4.78, 5) is 12.5. The molecule has 2 N–H and O–H groups in total. The summed E-state index contributed by atoms with van der Waals surface area (Å²) in [6.07, 6.45) is 0.903. The molecule has 0 aliphatic carbocycles. The molecule has 23 heavy (non-hydrogen) atoms. The molecule has 0 fully saturated rings. The molecule has 0 radical (unpaired) electrons. The van der Waals surface area contributed by atoms with Gasteiger partial charge in [0.25, 0.3) is 0 Å². The molecule has 0 aliphatic heterocycles. The van der Waals surface area contributed by atoms with Gasteiger partial charge in [-0.05, 0) is 49.7 Å². The fourth-order valence-corrected chi connectivity index (χ4v) is 2.09. The molecule has 0 atom stereocenters. The van der Waals surface area contributed by atoms with Gasteiger partial charge in [-0.1, -0.05) is 6.92 Å². The molecule has 2 rings (SSSR count). The first-order chi connectivity index (χ1) is 11.1. The van der Waals surface area contributed by atoms with Gasteiger partial charge in [-0.15, -0.1) is 0 Å². The van der Waals surface area contributed by atoms with Crippen LogP contribution < -0.4 is 9.47 Å². The highest BCUT2D eigenvalue weighted by atomic mass is 16.5. The molecule has 0 aromatic heterocycles. The Morgan fingerprint density at radius 2 is 1.65 bits per heavy atom. The van der Waals surface area contributed by atoms with E-state index in [9.17, 15) is 15.0 Å². The van der Waals surface area contributed by atoms with Crippen molar-refractivity contribution in [2.24, 2.45) is 0 Å². The average Bonchev–Trinajstić information content (AvgIpc) is 2.57. The van der Waals surface area contributed by atoms with E-state index in [0.717, 1.165) is 6.42 Å². The first-order valence-corrected chi connectivity index (χ1v) is 7.53. The summed E-state index contributed by atoms with van der Waals surface area (Å²) < 4.78 is 10.6. The highest BCUT2D eigenvalue weighted by Crippen LogP contribution is 2.38. The molecule has 0 amide bonds. The molecular formula is C18H20O5. The largest absolute Gasteiger partial charge is 0.504 e. The third kappa shape index (κ3) is 3.74. The Hall–Kier alpha value is -2.69. The second kappa shape index (κ2) is 7.54. The highest BCUT2D eigenvalue weighted by molar-refractivity contribution is 6.11. The predicted octanol–water partition coefficient (Wildman–Crippen LogP) is 3.52. The van der Waals surface area contributed by atoms with E-state index in [1.54, 1.807) is 31.2 Å². The third-order valence-corrected chi connectivity index (χ3v) is 3.25. The van der Waals surface area contributed by atoms with E-state index in [1.807, 2.05) is 6.92 Å². The van der Waals surface area contributed by atoms with Crippen molar-refractivity contribution in [3.05, 3.63) is 47.5 Å². The Labute approximate surface area is 135 Å². The number of phenols is 2. The maximum absolute atomic E-state index is 12.5. The van der Waals surface area contributed by atoms with Gasteiger partial charge < -0.3 is 19.7 Å². The lowest BCUT2D eigenvalue weighted by Gasteiger charge is -2.11. The van der Waals surface area contributed by atoms with Crippen LogP contribution in [0.4, 0.5) is 0 Å². The van der Waals surface area contributed by atoms with Gasteiger partial charge in [0.15, 0.2) is 17.3 Å². The third-order valence-electron chi connectivity index (χ3n) is 3.25. The average molecular weight is 316 g/mol. The van der Waals surface area contributed by atoms with Crippen molar-refractivity contribution >= 4 is 5.78 Å². The Morgan fingerprint density at radius 1 is 0.957 bits per heavy atom. The zero-order chi connectivity index (χ0) is 16.8. The maximum atomic E-state index is 12.5. The minimum Gasteiger partial charge on any atom is -0.504 e. The molecule has 5 nitrogen and oxygen atoms in total. The van der Waals surface area contributed by atoms with E-state index < -0.39 is 11.5 Å². The monoisotopic (exact) mass is 316 g/mol. The van der Waals surface area contributed by atoms with Gasteiger partial charge >= 0.3 is 0 Å². The molecule has 0 bridgehead atoms. The molecule has 0 unspecified atom stereocenters. The van der Waals surface area contributed by atoms with Crippen LogP contribution in [0.3, 0.4) is 0 Å². The number of rotatable bonds is 7. The Kier molecular flexibility index (Phi) is 5.46. The zero-order valence-electron chi connectivity index (χ0n) is 13.2. The molecule has 0 aliphatic rings. The van der Waals surface area contributed by atoms with Crippen LogP contribution in [-0.4, -0.2) is 29.2 Å². The molecule has 0 heterocycles. The van der Waals surface area contributed by atoms with Crippen LogP contribution in [-0.2, 0) is 0 Å². The van der Waals surface area contributed by atoms with E-state index in [2.05, 4.69) is 0 Å². The van der Waals surface area contributed by atoms with Gasteiger partial charge in [-0.2, -0.15) is 0 Å². The number of carbonyl (C=O) groups is 1. The van der Waals surface area contributed by atoms with E-state index >= 15 is 0 Å². The zero-order valence-corrected chi connectivity index (χ0v) is 13.2. The standard InChI is InChI=1S/C18H20O5/c1-3-11-23-13-7-5-12(6-8-13)16(19)14-9-10-15(22-4-2)18(21)17(14)20/h5-10,20-21H,3-4,11H2,1-2H3. The highest BCUT2D eigenvalue weighted by Gasteiger charge is 2.19. The van der Waals surface area contributed by atoms with Crippen molar-refractivity contribution in [2.75, 3.05) is 13.2 Å². The predicted molar refractivity (Wildman–Crippen MR) is 86.6 cm³/mol. The minimum absolute atomic E-state index is 0.0215. The molecule has 2 aromatic carbocycles. The van der Waals surface area contributed by atoms with Crippen LogP contribution in [0.25, 0.3) is 0 Å². The summed E-state index contributed by atoms with van der Waals surface area (Å²) in [5, 5.41) is 19.9.